The molecule has 14 heavy (non-hydrogen) atoms. The first-order valence-electron chi connectivity index (χ1n) is 4.35. The third-order valence-electron chi connectivity index (χ3n) is 2.52. The summed E-state index contributed by atoms with van der Waals surface area (Å²) in [5.74, 6) is 0. The van der Waals surface area contributed by atoms with Crippen molar-refractivity contribution in [3.8, 4) is 6.07 Å². The quantitative estimate of drug-likeness (QED) is 0.747. The summed E-state index contributed by atoms with van der Waals surface area (Å²) in [5.41, 5.74) is 0.360. The van der Waals surface area contributed by atoms with Crippen LogP contribution < -0.4 is 0 Å². The zero-order valence-electron chi connectivity index (χ0n) is 8.58. The third-order valence-corrected chi connectivity index (χ3v) is 2.77. The highest BCUT2D eigenvalue weighted by molar-refractivity contribution is 6.30. The van der Waals surface area contributed by atoms with Crippen molar-refractivity contribution < 1.29 is 0 Å². The van der Waals surface area contributed by atoms with E-state index in [-0.39, 0.29) is 0 Å². The zero-order valence-corrected chi connectivity index (χ0v) is 9.34. The summed E-state index contributed by atoms with van der Waals surface area (Å²) in [5, 5.41) is 9.84. The summed E-state index contributed by atoms with van der Waals surface area (Å²) >= 11 is 5.79. The van der Waals surface area contributed by atoms with Crippen LogP contribution in [0.3, 0.4) is 0 Å². The molecule has 0 saturated heterocycles. The summed E-state index contributed by atoms with van der Waals surface area (Å²) < 4.78 is 0. The molecular weight excluding hydrogens is 196 g/mol. The van der Waals surface area contributed by atoms with Gasteiger partial charge in [0.05, 0.1) is 6.07 Å². The van der Waals surface area contributed by atoms with Crippen molar-refractivity contribution >= 4 is 11.6 Å². The van der Waals surface area contributed by atoms with Gasteiger partial charge in [0.1, 0.15) is 5.54 Å². The molecule has 0 radical (unpaired) electrons. The van der Waals surface area contributed by atoms with Crippen LogP contribution in [0.2, 0.25) is 5.02 Å². The molecule has 0 aliphatic rings. The first kappa shape index (κ1) is 11.0. The second kappa shape index (κ2) is 4.00. The van der Waals surface area contributed by atoms with Crippen LogP contribution in [0.4, 0.5) is 0 Å². The Morgan fingerprint density at radius 2 is 1.79 bits per heavy atom. The molecular formula is C11H13ClN2. The van der Waals surface area contributed by atoms with Gasteiger partial charge in [-0.3, -0.25) is 4.90 Å². The van der Waals surface area contributed by atoms with Gasteiger partial charge < -0.3 is 0 Å². The van der Waals surface area contributed by atoms with Gasteiger partial charge in [-0.15, -0.1) is 0 Å². The molecule has 0 aromatic heterocycles. The molecule has 0 N–H and O–H groups in total. The van der Waals surface area contributed by atoms with Crippen LogP contribution in [-0.4, -0.2) is 19.0 Å². The molecule has 1 atom stereocenters. The highest BCUT2D eigenvalue weighted by Gasteiger charge is 2.28. The number of nitrogens with zero attached hydrogens (tertiary/aromatic N) is 2. The highest BCUT2D eigenvalue weighted by atomic mass is 35.5. The summed E-state index contributed by atoms with van der Waals surface area (Å²) in [6.45, 7) is 1.89. The van der Waals surface area contributed by atoms with Gasteiger partial charge in [0.15, 0.2) is 0 Å². The Labute approximate surface area is 89.7 Å². The molecule has 2 nitrogen and oxygen atoms in total. The van der Waals surface area contributed by atoms with E-state index in [2.05, 4.69) is 6.07 Å². The van der Waals surface area contributed by atoms with Crippen LogP contribution >= 0.6 is 11.6 Å². The molecule has 1 unspecified atom stereocenters. The van der Waals surface area contributed by atoms with Crippen LogP contribution in [0, 0.1) is 11.3 Å². The van der Waals surface area contributed by atoms with Gasteiger partial charge in [0, 0.05) is 5.02 Å². The maximum atomic E-state index is 9.15. The van der Waals surface area contributed by atoms with Gasteiger partial charge in [-0.2, -0.15) is 5.26 Å². The lowest BCUT2D eigenvalue weighted by Gasteiger charge is -2.29. The molecule has 1 rings (SSSR count). The number of benzene rings is 1. The minimum absolute atomic E-state index is 0.593. The molecule has 1 aromatic carbocycles. The second-order valence-electron chi connectivity index (χ2n) is 3.59. The molecule has 0 saturated carbocycles. The molecule has 0 aliphatic carbocycles. The fourth-order valence-electron chi connectivity index (χ4n) is 1.20. The topological polar surface area (TPSA) is 27.0 Å². The first-order chi connectivity index (χ1) is 6.50. The van der Waals surface area contributed by atoms with E-state index < -0.39 is 5.54 Å². The van der Waals surface area contributed by atoms with Crippen LogP contribution in [-0.2, 0) is 5.54 Å². The second-order valence-corrected chi connectivity index (χ2v) is 4.02. The SMILES string of the molecule is CN(C)C(C)(C#N)c1ccc(Cl)cc1. The minimum atomic E-state index is -0.593. The van der Waals surface area contributed by atoms with Crippen LogP contribution in [0.25, 0.3) is 0 Å². The molecule has 0 heterocycles. The molecule has 0 bridgehead atoms. The van der Waals surface area contributed by atoms with E-state index in [9.17, 15) is 0 Å². The van der Waals surface area contributed by atoms with Crippen LogP contribution in [0.1, 0.15) is 12.5 Å². The summed E-state index contributed by atoms with van der Waals surface area (Å²) in [6, 6.07) is 9.66. The number of hydrogen-bond acceptors (Lipinski definition) is 2. The average molecular weight is 209 g/mol. The first-order valence-corrected chi connectivity index (χ1v) is 4.73. The van der Waals surface area contributed by atoms with Crippen LogP contribution in [0.5, 0.6) is 0 Å². The summed E-state index contributed by atoms with van der Waals surface area (Å²) in [6.07, 6.45) is 0. The lowest BCUT2D eigenvalue weighted by Crippen LogP contribution is -2.36. The lowest BCUT2D eigenvalue weighted by atomic mass is 9.92. The Kier molecular flexibility index (Phi) is 3.15. The average Bonchev–Trinajstić information content (AvgIpc) is 2.17. The lowest BCUT2D eigenvalue weighted by molar-refractivity contribution is 0.241. The Bertz CT molecular complexity index is 351. The van der Waals surface area contributed by atoms with Crippen molar-refractivity contribution in [3.05, 3.63) is 34.9 Å². The van der Waals surface area contributed by atoms with E-state index in [1.165, 1.54) is 0 Å². The van der Waals surface area contributed by atoms with Crippen LogP contribution in [0.15, 0.2) is 24.3 Å². The van der Waals surface area contributed by atoms with Crippen molar-refractivity contribution in [3.63, 3.8) is 0 Å². The van der Waals surface area contributed by atoms with E-state index in [1.807, 2.05) is 38.1 Å². The van der Waals surface area contributed by atoms with Gasteiger partial charge in [0.2, 0.25) is 0 Å². The summed E-state index contributed by atoms with van der Waals surface area (Å²) in [4.78, 5) is 1.89. The fourth-order valence-corrected chi connectivity index (χ4v) is 1.32. The van der Waals surface area contributed by atoms with Gasteiger partial charge >= 0.3 is 0 Å². The van der Waals surface area contributed by atoms with Crippen molar-refractivity contribution in [1.82, 2.24) is 4.90 Å². The van der Waals surface area contributed by atoms with Gasteiger partial charge in [-0.1, -0.05) is 23.7 Å². The Morgan fingerprint density at radius 3 is 2.14 bits per heavy atom. The standard InChI is InChI=1S/C11H13ClN2/c1-11(8-13,14(2)3)9-4-6-10(12)7-5-9/h4-7H,1-3H3. The molecule has 3 heteroatoms. The Hall–Kier alpha value is -1.04. The zero-order chi connectivity index (χ0) is 10.8. The third kappa shape index (κ3) is 1.89. The Balaban J connectivity index is 3.15. The molecule has 74 valence electrons. The van der Waals surface area contributed by atoms with E-state index in [0.717, 1.165) is 5.56 Å². The largest absolute Gasteiger partial charge is 0.288 e. The maximum absolute atomic E-state index is 9.15. The van der Waals surface area contributed by atoms with E-state index in [4.69, 9.17) is 16.9 Å². The van der Waals surface area contributed by atoms with Gasteiger partial charge in [-0.25, -0.2) is 0 Å². The number of rotatable bonds is 2. The predicted molar refractivity (Wildman–Crippen MR) is 58.1 cm³/mol. The van der Waals surface area contributed by atoms with Crippen molar-refractivity contribution in [2.45, 2.75) is 12.5 Å². The number of hydrogen-bond donors (Lipinski definition) is 0. The fraction of sp³-hybridized carbons (Fsp3) is 0.364. The predicted octanol–water partition coefficient (Wildman–Crippen LogP) is 2.64. The van der Waals surface area contributed by atoms with E-state index in [1.54, 1.807) is 12.1 Å². The number of nitriles is 1. The highest BCUT2D eigenvalue weighted by Crippen LogP contribution is 2.26. The van der Waals surface area contributed by atoms with Gasteiger partial charge in [0.25, 0.3) is 0 Å². The molecule has 0 amide bonds. The molecule has 0 spiro atoms. The maximum Gasteiger partial charge on any atom is 0.131 e. The summed E-state index contributed by atoms with van der Waals surface area (Å²) in [7, 11) is 3.77. The molecule has 1 aromatic rings. The minimum Gasteiger partial charge on any atom is -0.288 e. The molecule has 0 fully saturated rings. The number of halogens is 1. The van der Waals surface area contributed by atoms with Gasteiger partial charge in [-0.05, 0) is 38.7 Å². The van der Waals surface area contributed by atoms with E-state index >= 15 is 0 Å². The van der Waals surface area contributed by atoms with E-state index in [0.29, 0.717) is 5.02 Å². The Morgan fingerprint density at radius 1 is 1.29 bits per heavy atom. The van der Waals surface area contributed by atoms with Crippen molar-refractivity contribution in [2.24, 2.45) is 0 Å². The molecule has 0 aliphatic heterocycles. The van der Waals surface area contributed by atoms with Crippen molar-refractivity contribution in [1.29, 1.82) is 5.26 Å². The monoisotopic (exact) mass is 208 g/mol. The normalized spacial score (nSPS) is 14.9. The smallest absolute Gasteiger partial charge is 0.131 e. The van der Waals surface area contributed by atoms with Crippen molar-refractivity contribution in [2.75, 3.05) is 14.1 Å².